The minimum Gasteiger partial charge on any atom is -0.292 e. The van der Waals surface area contributed by atoms with E-state index >= 15 is 0 Å². The predicted octanol–water partition coefficient (Wildman–Crippen LogP) is 11.1. The van der Waals surface area contributed by atoms with Crippen LogP contribution in [0.4, 0.5) is 0 Å². The first-order valence-electron chi connectivity index (χ1n) is 15.0. The van der Waals surface area contributed by atoms with Crippen LogP contribution in [0.5, 0.6) is 0 Å². The van der Waals surface area contributed by atoms with Crippen LogP contribution in [0.1, 0.15) is 26.3 Å². The van der Waals surface area contributed by atoms with Crippen molar-refractivity contribution >= 4 is 43.4 Å². The highest BCUT2D eigenvalue weighted by Gasteiger charge is 2.21. The van der Waals surface area contributed by atoms with E-state index in [0.29, 0.717) is 0 Å². The smallest absolute Gasteiger partial charge is 0.145 e. The molecule has 0 fully saturated rings. The largest absolute Gasteiger partial charge is 0.292 e. The van der Waals surface area contributed by atoms with Gasteiger partial charge < -0.3 is 0 Å². The van der Waals surface area contributed by atoms with E-state index in [1.807, 2.05) is 0 Å². The number of imidazole rings is 1. The van der Waals surface area contributed by atoms with E-state index in [9.17, 15) is 0 Å². The molecule has 2 heteroatoms. The Morgan fingerprint density at radius 2 is 1.05 bits per heavy atom. The average Bonchev–Trinajstić information content (AvgIpc) is 3.46. The van der Waals surface area contributed by atoms with Gasteiger partial charge in [-0.25, -0.2) is 4.98 Å². The lowest BCUT2D eigenvalue weighted by atomic mass is 9.87. The molecule has 1 heterocycles. The standard InChI is InChI=1S/C41H32N2/c1-41(2,3)30-23-25-31(26-24-30)43-39-37-17-9-7-15-35(37)34-14-6-8-16-36(34)38(39)42-40(43)29-21-19-28(20-22-29)33-18-10-12-27-11-4-5-13-32(27)33/h4-26H,1-3H3. The van der Waals surface area contributed by atoms with Gasteiger partial charge in [0.05, 0.1) is 11.0 Å². The third kappa shape index (κ3) is 4.13. The first-order chi connectivity index (χ1) is 21.0. The predicted molar refractivity (Wildman–Crippen MR) is 183 cm³/mol. The van der Waals surface area contributed by atoms with Gasteiger partial charge in [-0.3, -0.25) is 4.57 Å². The lowest BCUT2D eigenvalue weighted by Gasteiger charge is -2.20. The molecule has 1 aromatic heterocycles. The van der Waals surface area contributed by atoms with E-state index in [-0.39, 0.29) is 5.41 Å². The second-order valence-electron chi connectivity index (χ2n) is 12.5. The van der Waals surface area contributed by atoms with E-state index in [1.165, 1.54) is 49.0 Å². The second-order valence-corrected chi connectivity index (χ2v) is 12.5. The highest BCUT2D eigenvalue weighted by Crippen LogP contribution is 2.40. The zero-order valence-corrected chi connectivity index (χ0v) is 24.7. The van der Waals surface area contributed by atoms with Crippen LogP contribution in [0.2, 0.25) is 0 Å². The lowest BCUT2D eigenvalue weighted by molar-refractivity contribution is 0.590. The maximum Gasteiger partial charge on any atom is 0.145 e. The minimum absolute atomic E-state index is 0.0820. The maximum atomic E-state index is 5.42. The van der Waals surface area contributed by atoms with Gasteiger partial charge >= 0.3 is 0 Å². The fourth-order valence-electron chi connectivity index (χ4n) is 6.54. The van der Waals surface area contributed by atoms with Crippen LogP contribution in [0.3, 0.4) is 0 Å². The molecule has 0 spiro atoms. The number of hydrogen-bond acceptors (Lipinski definition) is 1. The summed E-state index contributed by atoms with van der Waals surface area (Å²) in [7, 11) is 0. The molecule has 0 unspecified atom stereocenters. The Kier molecular flexibility index (Phi) is 5.74. The Morgan fingerprint density at radius 1 is 0.488 bits per heavy atom. The summed E-state index contributed by atoms with van der Waals surface area (Å²) in [6.45, 7) is 6.78. The van der Waals surface area contributed by atoms with Crippen LogP contribution < -0.4 is 0 Å². The van der Waals surface area contributed by atoms with Crippen LogP contribution in [0.25, 0.3) is 71.6 Å². The number of hydrogen-bond donors (Lipinski definition) is 0. The van der Waals surface area contributed by atoms with Gasteiger partial charge in [0.2, 0.25) is 0 Å². The van der Waals surface area contributed by atoms with Crippen molar-refractivity contribution in [3.63, 3.8) is 0 Å². The third-order valence-corrected chi connectivity index (χ3v) is 8.77. The molecule has 0 N–H and O–H groups in total. The first-order valence-corrected chi connectivity index (χ1v) is 15.0. The summed E-state index contributed by atoms with van der Waals surface area (Å²) >= 11 is 0. The van der Waals surface area contributed by atoms with E-state index in [4.69, 9.17) is 4.98 Å². The van der Waals surface area contributed by atoms with Gasteiger partial charge in [-0.05, 0) is 55.8 Å². The van der Waals surface area contributed by atoms with Crippen molar-refractivity contribution in [2.45, 2.75) is 26.2 Å². The molecule has 0 amide bonds. The SMILES string of the molecule is CC(C)(C)c1ccc(-n2c(-c3ccc(-c4cccc5ccccc45)cc3)nc3c4ccccc4c4ccccc4c32)cc1. The molecule has 0 aliphatic carbocycles. The fraction of sp³-hybridized carbons (Fsp3) is 0.0976. The zero-order chi connectivity index (χ0) is 29.1. The Morgan fingerprint density at radius 3 is 1.74 bits per heavy atom. The Balaban J connectivity index is 1.40. The normalized spacial score (nSPS) is 12.1. The van der Waals surface area contributed by atoms with Crippen LogP contribution in [-0.2, 0) is 5.41 Å². The molecule has 0 saturated carbocycles. The number of aromatic nitrogens is 2. The van der Waals surface area contributed by atoms with E-state index in [2.05, 4.69) is 165 Å². The number of benzene rings is 7. The lowest BCUT2D eigenvalue weighted by Crippen LogP contribution is -2.11. The van der Waals surface area contributed by atoms with Crippen LogP contribution in [0.15, 0.2) is 140 Å². The molecule has 2 nitrogen and oxygen atoms in total. The van der Waals surface area contributed by atoms with Gasteiger partial charge in [-0.2, -0.15) is 0 Å². The molecule has 0 radical (unpaired) electrons. The van der Waals surface area contributed by atoms with E-state index < -0.39 is 0 Å². The van der Waals surface area contributed by atoms with Crippen LogP contribution in [0, 0.1) is 0 Å². The summed E-state index contributed by atoms with van der Waals surface area (Å²) < 4.78 is 2.36. The summed E-state index contributed by atoms with van der Waals surface area (Å²) in [5.74, 6) is 0.949. The molecule has 8 aromatic rings. The molecule has 43 heavy (non-hydrogen) atoms. The van der Waals surface area contributed by atoms with Crippen LogP contribution >= 0.6 is 0 Å². The average molecular weight is 553 g/mol. The summed E-state index contributed by atoms with van der Waals surface area (Å²) in [6.07, 6.45) is 0. The van der Waals surface area contributed by atoms with Crippen molar-refractivity contribution in [3.05, 3.63) is 145 Å². The topological polar surface area (TPSA) is 17.8 Å². The summed E-state index contributed by atoms with van der Waals surface area (Å²) in [4.78, 5) is 5.42. The number of nitrogens with zero attached hydrogens (tertiary/aromatic N) is 2. The van der Waals surface area contributed by atoms with Crippen LogP contribution in [-0.4, -0.2) is 9.55 Å². The molecular formula is C41H32N2. The molecule has 0 aliphatic rings. The molecule has 8 rings (SSSR count). The molecular weight excluding hydrogens is 520 g/mol. The van der Waals surface area contributed by atoms with Crippen molar-refractivity contribution in [3.8, 4) is 28.2 Å². The molecule has 0 bridgehead atoms. The van der Waals surface area contributed by atoms with Crippen molar-refractivity contribution in [1.82, 2.24) is 9.55 Å². The molecule has 0 atom stereocenters. The Labute approximate surface area is 251 Å². The van der Waals surface area contributed by atoms with E-state index in [0.717, 1.165) is 28.1 Å². The third-order valence-electron chi connectivity index (χ3n) is 8.77. The Bertz CT molecular complexity index is 2290. The molecule has 206 valence electrons. The molecule has 0 aliphatic heterocycles. The zero-order valence-electron chi connectivity index (χ0n) is 24.7. The number of fused-ring (bicyclic) bond motifs is 7. The van der Waals surface area contributed by atoms with E-state index in [1.54, 1.807) is 0 Å². The monoisotopic (exact) mass is 552 g/mol. The van der Waals surface area contributed by atoms with Crippen molar-refractivity contribution in [2.24, 2.45) is 0 Å². The number of rotatable bonds is 3. The van der Waals surface area contributed by atoms with Gasteiger partial charge in [0.25, 0.3) is 0 Å². The molecule has 7 aromatic carbocycles. The summed E-state index contributed by atoms with van der Waals surface area (Å²) in [5.41, 5.74) is 8.22. The van der Waals surface area contributed by atoms with Gasteiger partial charge in [-0.1, -0.05) is 148 Å². The van der Waals surface area contributed by atoms with Gasteiger partial charge in [0, 0.05) is 22.0 Å². The first kappa shape index (κ1) is 25.5. The maximum absolute atomic E-state index is 5.42. The van der Waals surface area contributed by atoms with Gasteiger partial charge in [0.15, 0.2) is 0 Å². The highest BCUT2D eigenvalue weighted by molar-refractivity contribution is 6.24. The second kappa shape index (κ2) is 9.68. The quantitative estimate of drug-likeness (QED) is 0.199. The minimum atomic E-state index is 0.0820. The van der Waals surface area contributed by atoms with Crippen molar-refractivity contribution < 1.29 is 0 Å². The molecule has 0 saturated heterocycles. The van der Waals surface area contributed by atoms with Gasteiger partial charge in [0.1, 0.15) is 5.82 Å². The van der Waals surface area contributed by atoms with Gasteiger partial charge in [-0.15, -0.1) is 0 Å². The van der Waals surface area contributed by atoms with Crippen molar-refractivity contribution in [1.29, 1.82) is 0 Å². The fourth-order valence-corrected chi connectivity index (χ4v) is 6.54. The summed E-state index contributed by atoms with van der Waals surface area (Å²) in [5, 5.41) is 7.38. The highest BCUT2D eigenvalue weighted by atomic mass is 15.1. The Hall–Kier alpha value is -5.21. The summed E-state index contributed by atoms with van der Waals surface area (Å²) in [6, 6.07) is 50.5. The van der Waals surface area contributed by atoms with Crippen molar-refractivity contribution in [2.75, 3.05) is 0 Å².